The van der Waals surface area contributed by atoms with Crippen LogP contribution in [0.4, 0.5) is 11.5 Å². The molecule has 2 aromatic heterocycles. The predicted molar refractivity (Wildman–Crippen MR) is 78.5 cm³/mol. The smallest absolute Gasteiger partial charge is 0.254 e. The summed E-state index contributed by atoms with van der Waals surface area (Å²) in [6.07, 6.45) is 1.51. The number of para-hydroxylation sites is 1. The lowest BCUT2D eigenvalue weighted by Crippen LogP contribution is -2.21. The van der Waals surface area contributed by atoms with Crippen LogP contribution in [0.2, 0.25) is 0 Å². The van der Waals surface area contributed by atoms with Crippen LogP contribution in [-0.4, -0.2) is 26.6 Å². The molecule has 0 aliphatic heterocycles. The first-order valence-corrected chi connectivity index (χ1v) is 6.37. The van der Waals surface area contributed by atoms with Crippen LogP contribution >= 0.6 is 0 Å². The topological polar surface area (TPSA) is 72.3 Å². The summed E-state index contributed by atoms with van der Waals surface area (Å²) in [4.78, 5) is 10.6. The summed E-state index contributed by atoms with van der Waals surface area (Å²) in [5, 5.41) is 4.22. The molecule has 2 heterocycles. The Kier molecular flexibility index (Phi) is 2.98. The molecule has 0 aliphatic rings. The van der Waals surface area contributed by atoms with Gasteiger partial charge in [-0.2, -0.15) is 14.6 Å². The summed E-state index contributed by atoms with van der Waals surface area (Å²) < 4.78 is 1.73. The quantitative estimate of drug-likeness (QED) is 0.731. The molecule has 6 heteroatoms. The Bertz CT molecular complexity index is 748. The van der Waals surface area contributed by atoms with Crippen molar-refractivity contribution in [2.45, 2.75) is 13.5 Å². The van der Waals surface area contributed by atoms with Crippen molar-refractivity contribution in [3.8, 4) is 0 Å². The molecule has 102 valence electrons. The molecular weight excluding hydrogens is 252 g/mol. The van der Waals surface area contributed by atoms with Gasteiger partial charge in [-0.1, -0.05) is 18.2 Å². The molecule has 0 unspecified atom stereocenters. The van der Waals surface area contributed by atoms with Crippen molar-refractivity contribution in [1.82, 2.24) is 19.6 Å². The van der Waals surface area contributed by atoms with Crippen molar-refractivity contribution < 1.29 is 0 Å². The van der Waals surface area contributed by atoms with Gasteiger partial charge in [-0.3, -0.25) is 0 Å². The van der Waals surface area contributed by atoms with Crippen molar-refractivity contribution in [2.24, 2.45) is 0 Å². The lowest BCUT2D eigenvalue weighted by atomic mass is 10.2. The van der Waals surface area contributed by atoms with E-state index in [2.05, 4.69) is 20.0 Å². The minimum atomic E-state index is 0.605. The molecule has 20 heavy (non-hydrogen) atoms. The maximum Gasteiger partial charge on any atom is 0.254 e. The lowest BCUT2D eigenvalue weighted by Gasteiger charge is -2.20. The van der Waals surface area contributed by atoms with E-state index in [4.69, 9.17) is 5.73 Å². The van der Waals surface area contributed by atoms with Crippen LogP contribution in [0.15, 0.2) is 36.7 Å². The number of nitrogens with zero attached hydrogens (tertiary/aromatic N) is 5. The first-order chi connectivity index (χ1) is 9.65. The highest BCUT2D eigenvalue weighted by Crippen LogP contribution is 2.19. The number of nitrogens with two attached hydrogens (primary N) is 1. The van der Waals surface area contributed by atoms with E-state index in [0.717, 1.165) is 22.8 Å². The van der Waals surface area contributed by atoms with Gasteiger partial charge in [0.15, 0.2) is 0 Å². The molecule has 0 spiro atoms. The van der Waals surface area contributed by atoms with Crippen molar-refractivity contribution in [1.29, 1.82) is 0 Å². The van der Waals surface area contributed by atoms with Crippen molar-refractivity contribution in [3.63, 3.8) is 0 Å². The Morgan fingerprint density at radius 3 is 2.90 bits per heavy atom. The zero-order chi connectivity index (χ0) is 14.1. The second-order valence-corrected chi connectivity index (χ2v) is 4.78. The normalized spacial score (nSPS) is 10.9. The molecule has 6 nitrogen and oxygen atoms in total. The first-order valence-electron chi connectivity index (χ1n) is 6.37. The van der Waals surface area contributed by atoms with E-state index in [-0.39, 0.29) is 0 Å². The van der Waals surface area contributed by atoms with Gasteiger partial charge >= 0.3 is 0 Å². The summed E-state index contributed by atoms with van der Waals surface area (Å²) in [7, 11) is 2.00. The third kappa shape index (κ3) is 2.16. The summed E-state index contributed by atoms with van der Waals surface area (Å²) >= 11 is 0. The highest BCUT2D eigenvalue weighted by atomic mass is 15.4. The fourth-order valence-corrected chi connectivity index (χ4v) is 2.20. The second-order valence-electron chi connectivity index (χ2n) is 4.78. The minimum Gasteiger partial charge on any atom is -0.398 e. The number of benzene rings is 1. The maximum absolute atomic E-state index is 6.00. The molecule has 1 aromatic carbocycles. The molecule has 3 aromatic rings. The summed E-state index contributed by atoms with van der Waals surface area (Å²) in [6.45, 7) is 2.65. The SMILES string of the molecule is Cc1cc(N(C)Cc2ccccc2N)n2ncnc2n1. The van der Waals surface area contributed by atoms with E-state index < -0.39 is 0 Å². The molecule has 3 rings (SSSR count). The number of rotatable bonds is 3. The average molecular weight is 268 g/mol. The summed E-state index contributed by atoms with van der Waals surface area (Å²) in [5.74, 6) is 1.54. The Labute approximate surface area is 116 Å². The lowest BCUT2D eigenvalue weighted by molar-refractivity contribution is 0.828. The van der Waals surface area contributed by atoms with Crippen molar-refractivity contribution in [3.05, 3.63) is 47.9 Å². The van der Waals surface area contributed by atoms with E-state index in [0.29, 0.717) is 12.3 Å². The number of hydrogen-bond donors (Lipinski definition) is 1. The van der Waals surface area contributed by atoms with E-state index in [1.165, 1.54) is 6.33 Å². The van der Waals surface area contributed by atoms with E-state index in [1.54, 1.807) is 4.52 Å². The predicted octanol–water partition coefficient (Wildman–Crippen LogP) is 1.65. The maximum atomic E-state index is 6.00. The molecule has 0 saturated carbocycles. The van der Waals surface area contributed by atoms with Crippen LogP contribution in [-0.2, 0) is 6.54 Å². The molecule has 0 saturated heterocycles. The molecule has 0 atom stereocenters. The van der Waals surface area contributed by atoms with Gasteiger partial charge in [0.05, 0.1) is 0 Å². The second kappa shape index (κ2) is 4.80. The van der Waals surface area contributed by atoms with Gasteiger partial charge in [0.2, 0.25) is 0 Å². The number of hydrogen-bond acceptors (Lipinski definition) is 5. The molecule has 0 fully saturated rings. The van der Waals surface area contributed by atoms with Gasteiger partial charge in [0.1, 0.15) is 12.1 Å². The number of nitrogen functional groups attached to an aromatic ring is 1. The highest BCUT2D eigenvalue weighted by molar-refractivity contribution is 5.51. The van der Waals surface area contributed by atoms with Gasteiger partial charge in [-0.05, 0) is 18.6 Å². The van der Waals surface area contributed by atoms with Crippen LogP contribution in [0.25, 0.3) is 5.78 Å². The first kappa shape index (κ1) is 12.4. The molecule has 0 amide bonds. The van der Waals surface area contributed by atoms with Crippen LogP contribution in [0.3, 0.4) is 0 Å². The van der Waals surface area contributed by atoms with E-state index in [9.17, 15) is 0 Å². The standard InChI is InChI=1S/C14H16N6/c1-10-7-13(20-14(18-10)16-9-17-20)19(2)8-11-5-3-4-6-12(11)15/h3-7,9H,8,15H2,1-2H3. The Hall–Kier alpha value is -2.63. The Morgan fingerprint density at radius 2 is 2.10 bits per heavy atom. The fourth-order valence-electron chi connectivity index (χ4n) is 2.20. The summed E-state index contributed by atoms with van der Waals surface area (Å²) in [6, 6.07) is 9.85. The van der Waals surface area contributed by atoms with Gasteiger partial charge in [0.25, 0.3) is 5.78 Å². The van der Waals surface area contributed by atoms with E-state index >= 15 is 0 Å². The molecular formula is C14H16N6. The number of aromatic nitrogens is 4. The molecule has 2 N–H and O–H groups in total. The summed E-state index contributed by atoms with van der Waals surface area (Å²) in [5.41, 5.74) is 8.78. The monoisotopic (exact) mass is 268 g/mol. The van der Waals surface area contributed by atoms with Gasteiger partial charge < -0.3 is 10.6 Å². The van der Waals surface area contributed by atoms with Gasteiger partial charge in [0, 0.05) is 31.0 Å². The van der Waals surface area contributed by atoms with Crippen LogP contribution in [0, 0.1) is 6.92 Å². The zero-order valence-electron chi connectivity index (χ0n) is 11.5. The zero-order valence-corrected chi connectivity index (χ0v) is 11.5. The van der Waals surface area contributed by atoms with Crippen molar-refractivity contribution in [2.75, 3.05) is 17.7 Å². The molecule has 0 aliphatic carbocycles. The number of aryl methyl sites for hydroxylation is 1. The fraction of sp³-hybridized carbons (Fsp3) is 0.214. The minimum absolute atomic E-state index is 0.605. The van der Waals surface area contributed by atoms with Crippen LogP contribution in [0.5, 0.6) is 0 Å². The molecule has 0 bridgehead atoms. The number of fused-ring (bicyclic) bond motifs is 1. The molecule has 0 radical (unpaired) electrons. The third-order valence-electron chi connectivity index (χ3n) is 3.21. The van der Waals surface area contributed by atoms with Gasteiger partial charge in [-0.15, -0.1) is 0 Å². The van der Waals surface area contributed by atoms with Crippen molar-refractivity contribution >= 4 is 17.3 Å². The van der Waals surface area contributed by atoms with Crippen LogP contribution in [0.1, 0.15) is 11.3 Å². The Morgan fingerprint density at radius 1 is 1.30 bits per heavy atom. The Balaban J connectivity index is 1.98. The van der Waals surface area contributed by atoms with E-state index in [1.807, 2.05) is 44.3 Å². The van der Waals surface area contributed by atoms with Crippen LogP contribution < -0.4 is 10.6 Å². The average Bonchev–Trinajstić information content (AvgIpc) is 2.88. The largest absolute Gasteiger partial charge is 0.398 e. The number of anilines is 2. The van der Waals surface area contributed by atoms with Gasteiger partial charge in [-0.25, -0.2) is 4.98 Å². The highest BCUT2D eigenvalue weighted by Gasteiger charge is 2.11. The third-order valence-corrected chi connectivity index (χ3v) is 3.21.